The molecule has 0 atom stereocenters. The normalized spacial score (nSPS) is 16.2. The Balaban J connectivity index is 1.38. The molecule has 0 spiro atoms. The summed E-state index contributed by atoms with van der Waals surface area (Å²) in [5.41, 5.74) is 0.800. The number of rotatable bonds is 7. The predicted octanol–water partition coefficient (Wildman–Crippen LogP) is 1.05. The van der Waals surface area contributed by atoms with Crippen LogP contribution in [0.4, 0.5) is 0 Å². The van der Waals surface area contributed by atoms with Crippen LogP contribution in [0.2, 0.25) is 0 Å². The second-order valence-corrected chi connectivity index (χ2v) is 7.34. The number of likely N-dealkylation sites (tertiary alicyclic amines) is 1. The molecule has 1 aliphatic rings. The van der Waals surface area contributed by atoms with Crippen molar-refractivity contribution in [2.24, 2.45) is 0 Å². The van der Waals surface area contributed by atoms with Gasteiger partial charge in [-0.2, -0.15) is 0 Å². The lowest BCUT2D eigenvalue weighted by Crippen LogP contribution is -2.47. The number of aromatic nitrogens is 2. The van der Waals surface area contributed by atoms with Gasteiger partial charge in [0.05, 0.1) is 18.7 Å². The zero-order valence-corrected chi connectivity index (χ0v) is 15.3. The Labute approximate surface area is 151 Å². The Hall–Kier alpha value is -1.93. The average molecular weight is 363 g/mol. The van der Waals surface area contributed by atoms with Gasteiger partial charge in [0.2, 0.25) is 11.8 Å². The summed E-state index contributed by atoms with van der Waals surface area (Å²) in [6.45, 7) is 4.90. The van der Waals surface area contributed by atoms with Crippen molar-refractivity contribution < 1.29 is 9.59 Å². The fourth-order valence-electron chi connectivity index (χ4n) is 3.06. The molecule has 3 heterocycles. The van der Waals surface area contributed by atoms with Gasteiger partial charge in [-0.3, -0.25) is 18.9 Å². The van der Waals surface area contributed by atoms with Crippen LogP contribution in [0.5, 0.6) is 0 Å². The molecule has 0 aromatic carbocycles. The first-order chi connectivity index (χ1) is 12.1. The summed E-state index contributed by atoms with van der Waals surface area (Å²) in [7, 11) is 0. The van der Waals surface area contributed by atoms with Gasteiger partial charge in [0, 0.05) is 43.4 Å². The minimum atomic E-state index is 0.0184. The molecule has 0 radical (unpaired) electrons. The lowest BCUT2D eigenvalue weighted by atomic mass is 10.0. The molecule has 3 rings (SSSR count). The van der Waals surface area contributed by atoms with Crippen LogP contribution in [-0.4, -0.2) is 58.3 Å². The van der Waals surface area contributed by atoms with E-state index in [1.165, 1.54) is 0 Å². The second kappa shape index (κ2) is 8.44. The van der Waals surface area contributed by atoms with E-state index < -0.39 is 0 Å². The van der Waals surface area contributed by atoms with Gasteiger partial charge in [-0.05, 0) is 19.3 Å². The third-order valence-corrected chi connectivity index (χ3v) is 5.15. The van der Waals surface area contributed by atoms with Gasteiger partial charge in [-0.25, -0.2) is 4.98 Å². The number of hydrogen-bond acceptors (Lipinski definition) is 5. The number of amides is 2. The lowest BCUT2D eigenvalue weighted by molar-refractivity contribution is -0.124. The zero-order valence-electron chi connectivity index (χ0n) is 14.5. The molecule has 0 aliphatic carbocycles. The molecule has 2 amide bonds. The largest absolute Gasteiger partial charge is 0.355 e. The van der Waals surface area contributed by atoms with Crippen molar-refractivity contribution >= 4 is 28.1 Å². The number of carbonyl (C=O) groups excluding carboxylic acids is 2. The minimum absolute atomic E-state index is 0.0184. The Kier molecular flexibility index (Phi) is 6.04. The highest BCUT2D eigenvalue weighted by Gasteiger charge is 2.22. The summed E-state index contributed by atoms with van der Waals surface area (Å²) in [6, 6.07) is 0.186. The average Bonchev–Trinajstić information content (AvgIpc) is 3.16. The highest BCUT2D eigenvalue weighted by Crippen LogP contribution is 2.13. The number of piperidine rings is 1. The molecule has 136 valence electrons. The summed E-state index contributed by atoms with van der Waals surface area (Å²) in [6.07, 6.45) is 6.88. The van der Waals surface area contributed by atoms with Gasteiger partial charge in [-0.15, -0.1) is 11.3 Å². The molecule has 1 fully saturated rings. The van der Waals surface area contributed by atoms with E-state index in [9.17, 15) is 9.59 Å². The monoisotopic (exact) mass is 363 g/mol. The van der Waals surface area contributed by atoms with Crippen LogP contribution in [0.3, 0.4) is 0 Å². The van der Waals surface area contributed by atoms with Crippen molar-refractivity contribution in [1.29, 1.82) is 0 Å². The topological polar surface area (TPSA) is 78.7 Å². The third-order valence-electron chi connectivity index (χ3n) is 4.38. The first-order valence-corrected chi connectivity index (χ1v) is 9.71. The lowest BCUT2D eigenvalue weighted by Gasteiger charge is -2.31. The molecule has 1 saturated heterocycles. The molecule has 7 nitrogen and oxygen atoms in total. The van der Waals surface area contributed by atoms with E-state index in [1.807, 2.05) is 29.1 Å². The standard InChI is InChI=1S/C17H25N5O2S/c1-2-5-18-16(24)12-21-6-3-13(4-7-21)19-15(23)10-14-11-22-8-9-25-17(22)20-14/h8-9,11,13H,2-7,10,12H2,1H3,(H,18,24)(H,19,23). The summed E-state index contributed by atoms with van der Waals surface area (Å²) < 4.78 is 1.94. The number of carbonyl (C=O) groups is 2. The molecule has 0 unspecified atom stereocenters. The smallest absolute Gasteiger partial charge is 0.234 e. The maximum absolute atomic E-state index is 12.2. The molecule has 2 N–H and O–H groups in total. The van der Waals surface area contributed by atoms with Crippen molar-refractivity contribution in [2.75, 3.05) is 26.2 Å². The van der Waals surface area contributed by atoms with Crippen molar-refractivity contribution in [2.45, 2.75) is 38.6 Å². The summed E-state index contributed by atoms with van der Waals surface area (Å²) in [5, 5.41) is 7.98. The molecule has 2 aromatic rings. The van der Waals surface area contributed by atoms with E-state index in [0.29, 0.717) is 13.0 Å². The molecule has 8 heteroatoms. The highest BCUT2D eigenvalue weighted by molar-refractivity contribution is 7.15. The van der Waals surface area contributed by atoms with E-state index >= 15 is 0 Å². The van der Waals surface area contributed by atoms with Crippen LogP contribution in [-0.2, 0) is 16.0 Å². The van der Waals surface area contributed by atoms with E-state index in [4.69, 9.17) is 0 Å². The van der Waals surface area contributed by atoms with E-state index in [2.05, 4.69) is 20.5 Å². The molecule has 0 bridgehead atoms. The van der Waals surface area contributed by atoms with Gasteiger partial charge in [0.25, 0.3) is 0 Å². The van der Waals surface area contributed by atoms with Gasteiger partial charge in [0.15, 0.2) is 4.96 Å². The van der Waals surface area contributed by atoms with Crippen LogP contribution < -0.4 is 10.6 Å². The SMILES string of the molecule is CCCNC(=O)CN1CCC(NC(=O)Cc2cn3ccsc3n2)CC1. The Morgan fingerprint density at radius 2 is 2.12 bits per heavy atom. The molecule has 2 aromatic heterocycles. The molecular weight excluding hydrogens is 338 g/mol. The third kappa shape index (κ3) is 5.02. The Bertz CT molecular complexity index is 689. The van der Waals surface area contributed by atoms with Crippen LogP contribution >= 0.6 is 11.3 Å². The molecule has 25 heavy (non-hydrogen) atoms. The second-order valence-electron chi connectivity index (χ2n) is 6.47. The van der Waals surface area contributed by atoms with E-state index in [-0.39, 0.29) is 17.9 Å². The number of hydrogen-bond donors (Lipinski definition) is 2. The maximum atomic E-state index is 12.2. The van der Waals surface area contributed by atoms with E-state index in [1.54, 1.807) is 11.3 Å². The molecule has 1 aliphatic heterocycles. The van der Waals surface area contributed by atoms with Crippen molar-refractivity contribution in [3.05, 3.63) is 23.5 Å². The predicted molar refractivity (Wildman–Crippen MR) is 97.7 cm³/mol. The van der Waals surface area contributed by atoms with Crippen LogP contribution in [0.25, 0.3) is 4.96 Å². The van der Waals surface area contributed by atoms with Gasteiger partial charge in [0.1, 0.15) is 0 Å². The highest BCUT2D eigenvalue weighted by atomic mass is 32.1. The van der Waals surface area contributed by atoms with Crippen molar-refractivity contribution in [3.8, 4) is 0 Å². The summed E-state index contributed by atoms with van der Waals surface area (Å²) in [4.78, 5) is 31.5. The fraction of sp³-hybridized carbons (Fsp3) is 0.588. The number of nitrogens with one attached hydrogen (secondary N) is 2. The quantitative estimate of drug-likeness (QED) is 0.771. The van der Waals surface area contributed by atoms with Gasteiger partial charge in [-0.1, -0.05) is 6.92 Å². The fourth-order valence-corrected chi connectivity index (χ4v) is 3.78. The summed E-state index contributed by atoms with van der Waals surface area (Å²) in [5.74, 6) is 0.106. The Morgan fingerprint density at radius 1 is 1.32 bits per heavy atom. The van der Waals surface area contributed by atoms with E-state index in [0.717, 1.165) is 49.6 Å². The van der Waals surface area contributed by atoms with Crippen LogP contribution in [0, 0.1) is 0 Å². The van der Waals surface area contributed by atoms with Gasteiger partial charge < -0.3 is 10.6 Å². The first kappa shape index (κ1) is 17.9. The number of nitrogens with zero attached hydrogens (tertiary/aromatic N) is 3. The number of thiazole rings is 1. The molecule has 0 saturated carbocycles. The molecular formula is C17H25N5O2S. The minimum Gasteiger partial charge on any atom is -0.355 e. The van der Waals surface area contributed by atoms with Crippen molar-refractivity contribution in [1.82, 2.24) is 24.9 Å². The van der Waals surface area contributed by atoms with Crippen LogP contribution in [0.15, 0.2) is 17.8 Å². The zero-order chi connectivity index (χ0) is 17.6. The summed E-state index contributed by atoms with van der Waals surface area (Å²) >= 11 is 1.56. The van der Waals surface area contributed by atoms with Crippen LogP contribution in [0.1, 0.15) is 31.9 Å². The van der Waals surface area contributed by atoms with Gasteiger partial charge >= 0.3 is 0 Å². The first-order valence-electron chi connectivity index (χ1n) is 8.83. The van der Waals surface area contributed by atoms with Crippen molar-refractivity contribution in [3.63, 3.8) is 0 Å². The Morgan fingerprint density at radius 3 is 2.84 bits per heavy atom. The maximum Gasteiger partial charge on any atom is 0.234 e. The number of fused-ring (bicyclic) bond motifs is 1. The number of imidazole rings is 1.